The molecule has 100 valence electrons. The van der Waals surface area contributed by atoms with E-state index in [2.05, 4.69) is 17.1 Å². The summed E-state index contributed by atoms with van der Waals surface area (Å²) in [5.74, 6) is 0.742. The van der Waals surface area contributed by atoms with E-state index in [1.807, 2.05) is 6.92 Å². The SMILES string of the molecule is Cc1c([C@@H](O)[C@@H]2C=CCCC2)[nH]c(O)c1CCCl. The average molecular weight is 270 g/mol. The van der Waals surface area contributed by atoms with Gasteiger partial charge in [-0.2, -0.15) is 0 Å². The number of H-pyrrole nitrogens is 1. The fourth-order valence-electron chi connectivity index (χ4n) is 2.65. The molecular formula is C14H20ClNO2. The predicted molar refractivity (Wildman–Crippen MR) is 73.1 cm³/mol. The summed E-state index contributed by atoms with van der Waals surface area (Å²) < 4.78 is 0. The van der Waals surface area contributed by atoms with Crippen molar-refractivity contribution < 1.29 is 10.2 Å². The Morgan fingerprint density at radius 2 is 2.33 bits per heavy atom. The molecule has 0 saturated heterocycles. The van der Waals surface area contributed by atoms with Gasteiger partial charge in [0.05, 0.1) is 5.69 Å². The summed E-state index contributed by atoms with van der Waals surface area (Å²) in [5.41, 5.74) is 2.47. The van der Waals surface area contributed by atoms with E-state index in [1.165, 1.54) is 0 Å². The van der Waals surface area contributed by atoms with Crippen LogP contribution in [0.15, 0.2) is 12.2 Å². The number of allylic oxidation sites excluding steroid dienone is 1. The first kappa shape index (κ1) is 13.5. The zero-order valence-electron chi connectivity index (χ0n) is 10.6. The lowest BCUT2D eigenvalue weighted by Gasteiger charge is -2.22. The molecule has 4 heteroatoms. The number of rotatable bonds is 4. The Morgan fingerprint density at radius 1 is 1.56 bits per heavy atom. The van der Waals surface area contributed by atoms with Crippen molar-refractivity contribution in [2.24, 2.45) is 5.92 Å². The van der Waals surface area contributed by atoms with Gasteiger partial charge in [0.25, 0.3) is 0 Å². The number of aliphatic hydroxyl groups is 1. The fraction of sp³-hybridized carbons (Fsp3) is 0.571. The molecule has 18 heavy (non-hydrogen) atoms. The summed E-state index contributed by atoms with van der Waals surface area (Å²) in [6, 6.07) is 0. The van der Waals surface area contributed by atoms with Gasteiger partial charge in [0, 0.05) is 17.4 Å². The van der Waals surface area contributed by atoms with Gasteiger partial charge in [-0.05, 0) is 38.2 Å². The van der Waals surface area contributed by atoms with Crippen molar-refractivity contribution in [1.82, 2.24) is 4.98 Å². The van der Waals surface area contributed by atoms with E-state index in [0.29, 0.717) is 12.3 Å². The van der Waals surface area contributed by atoms with E-state index in [-0.39, 0.29) is 11.8 Å². The summed E-state index contributed by atoms with van der Waals surface area (Å²) in [6.45, 7) is 1.92. The van der Waals surface area contributed by atoms with Crippen molar-refractivity contribution >= 4 is 11.6 Å². The normalized spacial score (nSPS) is 21.2. The maximum atomic E-state index is 10.4. The van der Waals surface area contributed by atoms with Crippen molar-refractivity contribution in [2.45, 2.75) is 38.7 Å². The molecule has 0 saturated carbocycles. The van der Waals surface area contributed by atoms with Crippen LogP contribution in [0.2, 0.25) is 0 Å². The van der Waals surface area contributed by atoms with Gasteiger partial charge in [-0.25, -0.2) is 0 Å². The van der Waals surface area contributed by atoms with E-state index >= 15 is 0 Å². The smallest absolute Gasteiger partial charge is 0.192 e. The third kappa shape index (κ3) is 2.57. The highest BCUT2D eigenvalue weighted by Gasteiger charge is 2.25. The van der Waals surface area contributed by atoms with Gasteiger partial charge in [-0.1, -0.05) is 12.2 Å². The van der Waals surface area contributed by atoms with Crippen LogP contribution in [0.4, 0.5) is 0 Å². The Labute approximate surface area is 112 Å². The van der Waals surface area contributed by atoms with Gasteiger partial charge < -0.3 is 15.2 Å². The Kier molecular flexibility index (Phi) is 4.36. The molecule has 0 aliphatic heterocycles. The molecule has 0 amide bonds. The van der Waals surface area contributed by atoms with Crippen LogP contribution in [0.1, 0.15) is 42.2 Å². The van der Waals surface area contributed by atoms with E-state index in [9.17, 15) is 10.2 Å². The number of nitrogens with one attached hydrogen (secondary N) is 1. The van der Waals surface area contributed by atoms with Gasteiger partial charge >= 0.3 is 0 Å². The zero-order chi connectivity index (χ0) is 13.1. The first-order valence-corrected chi connectivity index (χ1v) is 6.99. The monoisotopic (exact) mass is 269 g/mol. The maximum absolute atomic E-state index is 10.4. The number of aromatic hydroxyl groups is 1. The Morgan fingerprint density at radius 3 is 2.94 bits per heavy atom. The second kappa shape index (κ2) is 5.81. The van der Waals surface area contributed by atoms with E-state index < -0.39 is 6.10 Å². The number of aromatic amines is 1. The third-order valence-corrected chi connectivity index (χ3v) is 3.92. The molecule has 0 aromatic carbocycles. The van der Waals surface area contributed by atoms with Crippen molar-refractivity contribution in [3.05, 3.63) is 29.0 Å². The molecule has 1 aromatic heterocycles. The summed E-state index contributed by atoms with van der Waals surface area (Å²) in [7, 11) is 0. The molecule has 0 bridgehead atoms. The lowest BCUT2D eigenvalue weighted by atomic mass is 9.88. The van der Waals surface area contributed by atoms with Crippen LogP contribution in [0.5, 0.6) is 5.88 Å². The van der Waals surface area contributed by atoms with E-state index in [0.717, 1.165) is 36.1 Å². The lowest BCUT2D eigenvalue weighted by molar-refractivity contribution is 0.118. The summed E-state index contributed by atoms with van der Waals surface area (Å²) in [6.07, 6.45) is 7.43. The minimum absolute atomic E-state index is 0.138. The van der Waals surface area contributed by atoms with Crippen molar-refractivity contribution in [2.75, 3.05) is 5.88 Å². The molecule has 2 rings (SSSR count). The number of aromatic nitrogens is 1. The van der Waals surface area contributed by atoms with Crippen LogP contribution in [0.3, 0.4) is 0 Å². The molecule has 3 nitrogen and oxygen atoms in total. The largest absolute Gasteiger partial charge is 0.494 e. The van der Waals surface area contributed by atoms with Crippen LogP contribution in [-0.2, 0) is 6.42 Å². The minimum atomic E-state index is -0.573. The zero-order valence-corrected chi connectivity index (χ0v) is 11.4. The number of halogens is 1. The number of alkyl halides is 1. The third-order valence-electron chi connectivity index (χ3n) is 3.73. The molecule has 1 aliphatic rings. The standard InChI is InChI=1S/C14H20ClNO2/c1-9-11(7-8-15)14(18)16-12(9)13(17)10-5-3-2-4-6-10/h3,5,10,13,16-18H,2,4,6-8H2,1H3/t10-,13+/m1/s1. The number of hydrogen-bond acceptors (Lipinski definition) is 2. The topological polar surface area (TPSA) is 56.2 Å². The summed E-state index contributed by atoms with van der Waals surface area (Å²) in [5, 5.41) is 20.3. The van der Waals surface area contributed by atoms with Crippen LogP contribution in [0.25, 0.3) is 0 Å². The van der Waals surface area contributed by atoms with Gasteiger partial charge in [0.1, 0.15) is 6.10 Å². The lowest BCUT2D eigenvalue weighted by Crippen LogP contribution is -2.14. The second-order valence-electron chi connectivity index (χ2n) is 4.90. The number of hydrogen-bond donors (Lipinski definition) is 3. The first-order valence-electron chi connectivity index (χ1n) is 6.46. The molecule has 3 N–H and O–H groups in total. The average Bonchev–Trinajstić information content (AvgIpc) is 2.67. The van der Waals surface area contributed by atoms with Gasteiger partial charge in [-0.3, -0.25) is 0 Å². The molecular weight excluding hydrogens is 250 g/mol. The minimum Gasteiger partial charge on any atom is -0.494 e. The summed E-state index contributed by atoms with van der Waals surface area (Å²) >= 11 is 5.72. The summed E-state index contributed by atoms with van der Waals surface area (Å²) in [4.78, 5) is 2.91. The van der Waals surface area contributed by atoms with Crippen LogP contribution in [0, 0.1) is 12.8 Å². The van der Waals surface area contributed by atoms with E-state index in [4.69, 9.17) is 11.6 Å². The second-order valence-corrected chi connectivity index (χ2v) is 5.28. The maximum Gasteiger partial charge on any atom is 0.192 e. The van der Waals surface area contributed by atoms with Crippen LogP contribution >= 0.6 is 11.6 Å². The van der Waals surface area contributed by atoms with Gasteiger partial charge in [-0.15, -0.1) is 11.6 Å². The first-order chi connectivity index (χ1) is 8.65. The molecule has 0 unspecified atom stereocenters. The molecule has 0 fully saturated rings. The van der Waals surface area contributed by atoms with Crippen LogP contribution in [-0.4, -0.2) is 21.1 Å². The highest BCUT2D eigenvalue weighted by atomic mass is 35.5. The Hall–Kier alpha value is -0.930. The molecule has 0 radical (unpaired) electrons. The predicted octanol–water partition coefficient (Wildman–Crippen LogP) is 3.20. The molecule has 0 spiro atoms. The quantitative estimate of drug-likeness (QED) is 0.581. The highest BCUT2D eigenvalue weighted by Crippen LogP contribution is 2.35. The Bertz CT molecular complexity index is 439. The van der Waals surface area contributed by atoms with Crippen molar-refractivity contribution in [3.8, 4) is 5.88 Å². The molecule has 1 heterocycles. The highest BCUT2D eigenvalue weighted by molar-refractivity contribution is 6.18. The van der Waals surface area contributed by atoms with Crippen molar-refractivity contribution in [1.29, 1.82) is 0 Å². The molecule has 1 aliphatic carbocycles. The number of aliphatic hydroxyl groups excluding tert-OH is 1. The molecule has 2 atom stereocenters. The fourth-order valence-corrected chi connectivity index (χ4v) is 2.84. The van der Waals surface area contributed by atoms with E-state index in [1.54, 1.807) is 0 Å². The molecule has 1 aromatic rings. The van der Waals surface area contributed by atoms with Crippen molar-refractivity contribution in [3.63, 3.8) is 0 Å². The van der Waals surface area contributed by atoms with Gasteiger partial charge in [0.15, 0.2) is 5.88 Å². The van der Waals surface area contributed by atoms with Gasteiger partial charge in [0.2, 0.25) is 0 Å². The van der Waals surface area contributed by atoms with Crippen LogP contribution < -0.4 is 0 Å². The Balaban J connectivity index is 2.24.